The van der Waals surface area contributed by atoms with E-state index in [1.165, 1.54) is 28.7 Å². The zero-order valence-corrected chi connectivity index (χ0v) is 17.7. The van der Waals surface area contributed by atoms with Gasteiger partial charge in [-0.25, -0.2) is 9.97 Å². The predicted octanol–water partition coefficient (Wildman–Crippen LogP) is 6.59. The van der Waals surface area contributed by atoms with Crippen LogP contribution in [0.4, 0.5) is 29.1 Å². The fraction of sp³-hybridized carbons (Fsp3) is 0.0952. The number of rotatable bonds is 5. The van der Waals surface area contributed by atoms with Gasteiger partial charge in [0.2, 0.25) is 0 Å². The molecule has 0 spiro atoms. The average Bonchev–Trinajstić information content (AvgIpc) is 3.34. The second kappa shape index (κ2) is 8.48. The summed E-state index contributed by atoms with van der Waals surface area (Å²) in [7, 11) is 0. The minimum Gasteiger partial charge on any atom is -0.332 e. The number of halogens is 3. The molecule has 5 nitrogen and oxygen atoms in total. The Balaban J connectivity index is 1.50. The lowest BCUT2D eigenvalue weighted by molar-refractivity contribution is -0.137. The summed E-state index contributed by atoms with van der Waals surface area (Å²) in [5.41, 5.74) is 1.43. The third-order valence-electron chi connectivity index (χ3n) is 4.23. The molecule has 0 saturated carbocycles. The van der Waals surface area contributed by atoms with Crippen LogP contribution in [0.2, 0.25) is 0 Å². The zero-order valence-electron chi connectivity index (χ0n) is 16.0. The van der Waals surface area contributed by atoms with E-state index in [1.54, 1.807) is 35.7 Å². The number of hydrogen-bond donors (Lipinski definition) is 2. The van der Waals surface area contributed by atoms with Gasteiger partial charge in [0.05, 0.1) is 21.8 Å². The fourth-order valence-corrected chi connectivity index (χ4v) is 4.50. The van der Waals surface area contributed by atoms with Crippen LogP contribution in [-0.2, 0) is 6.18 Å². The molecule has 158 valence electrons. The Labute approximate surface area is 183 Å². The summed E-state index contributed by atoms with van der Waals surface area (Å²) >= 11 is 2.55. The molecular weight excluding hydrogens is 445 g/mol. The first-order chi connectivity index (χ1) is 14.8. The zero-order chi connectivity index (χ0) is 22.0. The maximum Gasteiger partial charge on any atom is 0.416 e. The lowest BCUT2D eigenvalue weighted by Gasteiger charge is -2.08. The van der Waals surface area contributed by atoms with Crippen LogP contribution in [-0.4, -0.2) is 15.9 Å². The molecular formula is C21H15F3N4OS2. The molecule has 10 heteroatoms. The Kier molecular flexibility index (Phi) is 5.75. The van der Waals surface area contributed by atoms with E-state index in [-0.39, 0.29) is 5.91 Å². The van der Waals surface area contributed by atoms with Crippen LogP contribution in [0.1, 0.15) is 21.6 Å². The fourth-order valence-electron chi connectivity index (χ4n) is 2.78. The molecule has 1 amide bonds. The molecule has 0 aliphatic carbocycles. The molecule has 0 unspecified atom stereocenters. The molecule has 2 aromatic carbocycles. The largest absolute Gasteiger partial charge is 0.416 e. The average molecular weight is 461 g/mol. The van der Waals surface area contributed by atoms with Gasteiger partial charge in [0.25, 0.3) is 5.91 Å². The minimum atomic E-state index is -4.41. The SMILES string of the molecule is Cc1nc(NC(=O)c2ccccc2)sc1-c1csc(Nc2cccc(C(F)(F)F)c2)n1. The van der Waals surface area contributed by atoms with Crippen molar-refractivity contribution in [3.8, 4) is 10.6 Å². The van der Waals surface area contributed by atoms with Crippen LogP contribution in [0.5, 0.6) is 0 Å². The summed E-state index contributed by atoms with van der Waals surface area (Å²) in [6.07, 6.45) is -4.41. The highest BCUT2D eigenvalue weighted by atomic mass is 32.1. The topological polar surface area (TPSA) is 66.9 Å². The van der Waals surface area contributed by atoms with Crippen LogP contribution in [0.15, 0.2) is 60.0 Å². The van der Waals surface area contributed by atoms with E-state index in [0.717, 1.165) is 17.0 Å². The number of carbonyl (C=O) groups is 1. The molecule has 2 N–H and O–H groups in total. The molecule has 4 aromatic rings. The van der Waals surface area contributed by atoms with E-state index < -0.39 is 11.7 Å². The van der Waals surface area contributed by atoms with Crippen LogP contribution < -0.4 is 10.6 Å². The van der Waals surface area contributed by atoms with Crippen LogP contribution in [0.25, 0.3) is 10.6 Å². The molecule has 31 heavy (non-hydrogen) atoms. The van der Waals surface area contributed by atoms with Gasteiger partial charge in [-0.2, -0.15) is 13.2 Å². The number of nitrogens with zero attached hydrogens (tertiary/aromatic N) is 2. The van der Waals surface area contributed by atoms with Gasteiger partial charge in [0, 0.05) is 16.6 Å². The Morgan fingerprint density at radius 3 is 2.52 bits per heavy atom. The van der Waals surface area contributed by atoms with Crippen molar-refractivity contribution in [3.63, 3.8) is 0 Å². The lowest BCUT2D eigenvalue weighted by atomic mass is 10.2. The van der Waals surface area contributed by atoms with E-state index in [9.17, 15) is 18.0 Å². The van der Waals surface area contributed by atoms with Gasteiger partial charge >= 0.3 is 6.18 Å². The second-order valence-corrected chi connectivity index (χ2v) is 8.35. The van der Waals surface area contributed by atoms with Gasteiger partial charge in [0.15, 0.2) is 10.3 Å². The second-order valence-electron chi connectivity index (χ2n) is 6.50. The van der Waals surface area contributed by atoms with Crippen molar-refractivity contribution in [2.75, 3.05) is 10.6 Å². The standard InChI is InChI=1S/C21H15F3N4OS2/c1-12-17(31-20(25-12)28-18(29)13-6-3-2-4-7-13)16-11-30-19(27-16)26-15-9-5-8-14(10-15)21(22,23)24/h2-11H,1H3,(H,26,27)(H,25,28,29). The number of benzene rings is 2. The molecule has 0 radical (unpaired) electrons. The van der Waals surface area contributed by atoms with Crippen LogP contribution in [0, 0.1) is 6.92 Å². The van der Waals surface area contributed by atoms with Crippen molar-refractivity contribution in [3.05, 3.63) is 76.8 Å². The summed E-state index contributed by atoms with van der Waals surface area (Å²) in [5, 5.41) is 8.38. The van der Waals surface area contributed by atoms with Crippen molar-refractivity contribution < 1.29 is 18.0 Å². The number of aryl methyl sites for hydroxylation is 1. The van der Waals surface area contributed by atoms with Gasteiger partial charge in [-0.3, -0.25) is 10.1 Å². The Hall–Kier alpha value is -3.24. The van der Waals surface area contributed by atoms with Crippen molar-refractivity contribution in [2.24, 2.45) is 0 Å². The Morgan fingerprint density at radius 2 is 1.77 bits per heavy atom. The highest BCUT2D eigenvalue weighted by Crippen LogP contribution is 2.36. The van der Waals surface area contributed by atoms with E-state index in [1.807, 2.05) is 13.0 Å². The van der Waals surface area contributed by atoms with Crippen molar-refractivity contribution >= 4 is 44.5 Å². The lowest BCUT2D eigenvalue weighted by Crippen LogP contribution is -2.11. The summed E-state index contributed by atoms with van der Waals surface area (Å²) in [6.45, 7) is 1.81. The van der Waals surface area contributed by atoms with E-state index in [4.69, 9.17) is 0 Å². The van der Waals surface area contributed by atoms with Crippen molar-refractivity contribution in [2.45, 2.75) is 13.1 Å². The van der Waals surface area contributed by atoms with E-state index in [0.29, 0.717) is 32.9 Å². The molecule has 0 aliphatic rings. The monoisotopic (exact) mass is 460 g/mol. The highest BCUT2D eigenvalue weighted by molar-refractivity contribution is 7.20. The number of amides is 1. The highest BCUT2D eigenvalue weighted by Gasteiger charge is 2.30. The summed E-state index contributed by atoms with van der Waals surface area (Å²) < 4.78 is 38.7. The van der Waals surface area contributed by atoms with Gasteiger partial charge in [-0.05, 0) is 37.3 Å². The predicted molar refractivity (Wildman–Crippen MR) is 117 cm³/mol. The summed E-state index contributed by atoms with van der Waals surface area (Å²) in [5.74, 6) is -0.258. The molecule has 0 aliphatic heterocycles. The van der Waals surface area contributed by atoms with Gasteiger partial charge in [-0.15, -0.1) is 11.3 Å². The quantitative estimate of drug-likeness (QED) is 0.353. The normalized spacial score (nSPS) is 11.4. The number of aromatic nitrogens is 2. The van der Waals surface area contributed by atoms with Crippen molar-refractivity contribution in [1.82, 2.24) is 9.97 Å². The maximum absolute atomic E-state index is 12.9. The number of nitrogens with one attached hydrogen (secondary N) is 2. The van der Waals surface area contributed by atoms with Gasteiger partial charge in [0.1, 0.15) is 0 Å². The van der Waals surface area contributed by atoms with Crippen LogP contribution >= 0.6 is 22.7 Å². The Morgan fingerprint density at radius 1 is 1.00 bits per heavy atom. The molecule has 2 aromatic heterocycles. The first kappa shape index (κ1) is 21.0. The Bertz CT molecular complexity index is 1220. The number of thiazole rings is 2. The number of alkyl halides is 3. The molecule has 0 atom stereocenters. The van der Waals surface area contributed by atoms with Crippen LogP contribution in [0.3, 0.4) is 0 Å². The molecule has 0 saturated heterocycles. The summed E-state index contributed by atoms with van der Waals surface area (Å²) in [4.78, 5) is 22.0. The third kappa shape index (κ3) is 4.92. The third-order valence-corrected chi connectivity index (χ3v) is 6.08. The molecule has 4 rings (SSSR count). The maximum atomic E-state index is 12.9. The van der Waals surface area contributed by atoms with E-state index in [2.05, 4.69) is 20.6 Å². The first-order valence-electron chi connectivity index (χ1n) is 9.03. The molecule has 2 heterocycles. The van der Waals surface area contributed by atoms with Gasteiger partial charge in [-0.1, -0.05) is 35.6 Å². The van der Waals surface area contributed by atoms with Gasteiger partial charge < -0.3 is 5.32 Å². The first-order valence-corrected chi connectivity index (χ1v) is 10.7. The van der Waals surface area contributed by atoms with E-state index >= 15 is 0 Å². The number of carbonyl (C=O) groups excluding carboxylic acids is 1. The smallest absolute Gasteiger partial charge is 0.332 e. The molecule has 0 bridgehead atoms. The summed E-state index contributed by atoms with van der Waals surface area (Å²) in [6, 6.07) is 13.8. The number of anilines is 3. The molecule has 0 fully saturated rings. The minimum absolute atomic E-state index is 0.258. The van der Waals surface area contributed by atoms with Crippen molar-refractivity contribution in [1.29, 1.82) is 0 Å². The number of hydrogen-bond acceptors (Lipinski definition) is 6.